The third-order valence-electron chi connectivity index (χ3n) is 3.77. The summed E-state index contributed by atoms with van der Waals surface area (Å²) in [5.74, 6) is 1.92. The van der Waals surface area contributed by atoms with E-state index < -0.39 is 0 Å². The number of rotatable bonds is 2. The van der Waals surface area contributed by atoms with E-state index in [9.17, 15) is 0 Å². The van der Waals surface area contributed by atoms with Crippen LogP contribution in [-0.4, -0.2) is 34.4 Å². The van der Waals surface area contributed by atoms with Gasteiger partial charge in [0, 0.05) is 13.0 Å². The van der Waals surface area contributed by atoms with Gasteiger partial charge >= 0.3 is 0 Å². The van der Waals surface area contributed by atoms with Gasteiger partial charge in [-0.05, 0) is 60.4 Å². The summed E-state index contributed by atoms with van der Waals surface area (Å²) < 4.78 is 3.31. The quantitative estimate of drug-likeness (QED) is 0.795. The fourth-order valence-corrected chi connectivity index (χ4v) is 3.47. The van der Waals surface area contributed by atoms with Crippen LogP contribution in [0.1, 0.15) is 18.7 Å². The van der Waals surface area contributed by atoms with Gasteiger partial charge in [-0.3, -0.25) is 4.40 Å². The van der Waals surface area contributed by atoms with E-state index in [0.29, 0.717) is 0 Å². The minimum atomic E-state index is 0.737. The second kappa shape index (κ2) is 5.02. The number of nitrogens with zero attached hydrogens (tertiary/aromatic N) is 3. The lowest BCUT2D eigenvalue weighted by Crippen LogP contribution is -2.33. The first-order chi connectivity index (χ1) is 8.74. The van der Waals surface area contributed by atoms with Crippen LogP contribution in [0.2, 0.25) is 0 Å². The monoisotopic (exact) mass is 307 g/mol. The Hall–Kier alpha value is -0.870. The summed E-state index contributed by atoms with van der Waals surface area (Å²) in [7, 11) is 2.21. The molecule has 0 spiro atoms. The minimum Gasteiger partial charge on any atom is -0.306 e. The van der Waals surface area contributed by atoms with Crippen molar-refractivity contribution >= 4 is 21.4 Å². The highest BCUT2D eigenvalue weighted by Gasteiger charge is 2.19. The molecule has 3 rings (SSSR count). The molecule has 1 saturated heterocycles. The average molecular weight is 308 g/mol. The van der Waals surface area contributed by atoms with Crippen molar-refractivity contribution in [1.29, 1.82) is 0 Å². The van der Waals surface area contributed by atoms with E-state index >= 15 is 0 Å². The maximum Gasteiger partial charge on any atom is 0.114 e. The number of hydrogen-bond donors (Lipinski definition) is 0. The van der Waals surface area contributed by atoms with Gasteiger partial charge < -0.3 is 4.90 Å². The van der Waals surface area contributed by atoms with Crippen molar-refractivity contribution in [3.05, 3.63) is 34.8 Å². The van der Waals surface area contributed by atoms with E-state index in [0.717, 1.165) is 16.9 Å². The van der Waals surface area contributed by atoms with Gasteiger partial charge in [0.25, 0.3) is 0 Å². The van der Waals surface area contributed by atoms with Crippen LogP contribution in [0.4, 0.5) is 0 Å². The topological polar surface area (TPSA) is 20.5 Å². The molecule has 2 aromatic rings. The largest absolute Gasteiger partial charge is 0.306 e. The van der Waals surface area contributed by atoms with E-state index in [1.807, 2.05) is 6.20 Å². The fraction of sp³-hybridized carbons (Fsp3) is 0.500. The molecule has 1 atom stereocenters. The van der Waals surface area contributed by atoms with Gasteiger partial charge in [0.05, 0.1) is 16.3 Å². The number of halogens is 1. The highest BCUT2D eigenvalue weighted by molar-refractivity contribution is 9.10. The third-order valence-corrected chi connectivity index (χ3v) is 4.39. The molecule has 0 aromatic carbocycles. The Kier molecular flexibility index (Phi) is 3.39. The number of pyridine rings is 1. The molecule has 1 unspecified atom stereocenters. The zero-order chi connectivity index (χ0) is 12.5. The van der Waals surface area contributed by atoms with E-state index in [1.54, 1.807) is 0 Å². The molecule has 96 valence electrons. The molecule has 1 fully saturated rings. The molecule has 0 radical (unpaired) electrons. The summed E-state index contributed by atoms with van der Waals surface area (Å²) in [5.41, 5.74) is 1.17. The van der Waals surface area contributed by atoms with E-state index in [4.69, 9.17) is 0 Å². The van der Waals surface area contributed by atoms with Crippen molar-refractivity contribution < 1.29 is 0 Å². The first-order valence-electron chi connectivity index (χ1n) is 6.53. The molecule has 1 aliphatic rings. The molecule has 1 aliphatic heterocycles. The molecule has 18 heavy (non-hydrogen) atoms. The Morgan fingerprint density at radius 3 is 3.17 bits per heavy atom. The van der Waals surface area contributed by atoms with E-state index in [-0.39, 0.29) is 0 Å². The van der Waals surface area contributed by atoms with Gasteiger partial charge in [-0.2, -0.15) is 0 Å². The Morgan fingerprint density at radius 2 is 2.33 bits per heavy atom. The zero-order valence-corrected chi connectivity index (χ0v) is 12.2. The van der Waals surface area contributed by atoms with E-state index in [2.05, 4.69) is 55.5 Å². The van der Waals surface area contributed by atoms with Gasteiger partial charge in [0.15, 0.2) is 0 Å². The van der Waals surface area contributed by atoms with Crippen LogP contribution >= 0.6 is 15.9 Å². The van der Waals surface area contributed by atoms with Crippen molar-refractivity contribution in [2.45, 2.75) is 19.3 Å². The van der Waals surface area contributed by atoms with Crippen LogP contribution in [0.5, 0.6) is 0 Å². The Labute approximate surface area is 116 Å². The van der Waals surface area contributed by atoms with Crippen LogP contribution in [0.3, 0.4) is 0 Å². The molecule has 4 heteroatoms. The summed E-state index contributed by atoms with van der Waals surface area (Å²) >= 11 is 3.62. The van der Waals surface area contributed by atoms with Gasteiger partial charge in [0.1, 0.15) is 5.82 Å². The predicted octanol–water partition coefficient (Wildman–Crippen LogP) is 2.98. The number of fused-ring (bicyclic) bond motifs is 1. The lowest BCUT2D eigenvalue weighted by Gasteiger charge is -2.29. The molecular formula is C14H18BrN3. The molecule has 0 aliphatic carbocycles. The van der Waals surface area contributed by atoms with Crippen molar-refractivity contribution in [1.82, 2.24) is 14.3 Å². The Bertz CT molecular complexity index is 549. The second-order valence-corrected chi connectivity index (χ2v) is 6.07. The molecule has 0 saturated carbocycles. The Balaban J connectivity index is 1.86. The maximum atomic E-state index is 4.59. The SMILES string of the molecule is CN1CCCC(Cc2ncc3cccc(Br)n23)C1. The first kappa shape index (κ1) is 12.2. The smallest absolute Gasteiger partial charge is 0.114 e. The number of imidazole rings is 1. The fourth-order valence-electron chi connectivity index (χ4n) is 2.91. The summed E-state index contributed by atoms with van der Waals surface area (Å²) in [4.78, 5) is 7.02. The van der Waals surface area contributed by atoms with Crippen LogP contribution in [0.15, 0.2) is 29.0 Å². The van der Waals surface area contributed by atoms with Crippen LogP contribution in [0, 0.1) is 5.92 Å². The molecule has 3 nitrogen and oxygen atoms in total. The Morgan fingerprint density at radius 1 is 1.44 bits per heavy atom. The van der Waals surface area contributed by atoms with Crippen molar-refractivity contribution in [3.63, 3.8) is 0 Å². The van der Waals surface area contributed by atoms with Crippen molar-refractivity contribution in [2.75, 3.05) is 20.1 Å². The van der Waals surface area contributed by atoms with Crippen molar-refractivity contribution in [2.24, 2.45) is 5.92 Å². The molecular weight excluding hydrogens is 290 g/mol. The highest BCUT2D eigenvalue weighted by Crippen LogP contribution is 2.22. The molecule has 2 aromatic heterocycles. The number of likely N-dealkylation sites (tertiary alicyclic amines) is 1. The molecule has 0 amide bonds. The zero-order valence-electron chi connectivity index (χ0n) is 10.6. The van der Waals surface area contributed by atoms with Gasteiger partial charge in [0.2, 0.25) is 0 Å². The third kappa shape index (κ3) is 2.31. The molecule has 0 bridgehead atoms. The van der Waals surface area contributed by atoms with Gasteiger partial charge in [-0.15, -0.1) is 0 Å². The highest BCUT2D eigenvalue weighted by atomic mass is 79.9. The first-order valence-corrected chi connectivity index (χ1v) is 7.33. The lowest BCUT2D eigenvalue weighted by molar-refractivity contribution is 0.207. The van der Waals surface area contributed by atoms with Crippen LogP contribution < -0.4 is 0 Å². The van der Waals surface area contributed by atoms with E-state index in [1.165, 1.54) is 37.3 Å². The van der Waals surface area contributed by atoms with Gasteiger partial charge in [-0.1, -0.05) is 6.07 Å². The predicted molar refractivity (Wildman–Crippen MR) is 76.8 cm³/mol. The summed E-state index contributed by atoms with van der Waals surface area (Å²) in [6.07, 6.45) is 5.67. The minimum absolute atomic E-state index is 0.737. The summed E-state index contributed by atoms with van der Waals surface area (Å²) in [5, 5.41) is 0. The standard InChI is InChI=1S/C14H18BrN3/c1-17-7-3-4-11(10-17)8-14-16-9-12-5-2-6-13(15)18(12)14/h2,5-6,9,11H,3-4,7-8,10H2,1H3. The lowest BCUT2D eigenvalue weighted by atomic mass is 9.95. The number of piperidine rings is 1. The second-order valence-electron chi connectivity index (χ2n) is 5.26. The average Bonchev–Trinajstić information content (AvgIpc) is 2.74. The van der Waals surface area contributed by atoms with Crippen molar-refractivity contribution in [3.8, 4) is 0 Å². The van der Waals surface area contributed by atoms with Gasteiger partial charge in [-0.25, -0.2) is 4.98 Å². The summed E-state index contributed by atoms with van der Waals surface area (Å²) in [6, 6.07) is 6.23. The van der Waals surface area contributed by atoms with Crippen LogP contribution in [0.25, 0.3) is 5.52 Å². The normalized spacial score (nSPS) is 21.6. The molecule has 0 N–H and O–H groups in total. The number of aromatic nitrogens is 2. The maximum absolute atomic E-state index is 4.59. The van der Waals surface area contributed by atoms with Crippen LogP contribution in [-0.2, 0) is 6.42 Å². The number of hydrogen-bond acceptors (Lipinski definition) is 2. The molecule has 3 heterocycles. The summed E-state index contributed by atoms with van der Waals surface area (Å²) in [6.45, 7) is 2.43.